The standard InChI is InChI=1S/C31H46F2N4O4S/c1-6-9-37(10-7-2)30(41)31(17-20(3)12-22(18-31)28(34)39)25(15-21-13-23(32)16-24(33)14-21)27(38)19-36-26(8-11-42-5)29(40)35-4/h12-14,16-17,25-27,36,38H,6-11,15,18-19H2,1-5H3,(H2,34,39)(H,35,40)/t25-,26+,27+,31?/m1/s1. The fourth-order valence-corrected chi connectivity index (χ4v) is 6.24. The fourth-order valence-electron chi connectivity index (χ4n) is 5.77. The van der Waals surface area contributed by atoms with Crippen LogP contribution in [0.2, 0.25) is 0 Å². The Morgan fingerprint density at radius 2 is 1.76 bits per heavy atom. The number of nitrogens with zero attached hydrogens (tertiary/aromatic N) is 1. The zero-order chi connectivity index (χ0) is 31.4. The van der Waals surface area contributed by atoms with Gasteiger partial charge in [-0.1, -0.05) is 31.6 Å². The quantitative estimate of drug-likeness (QED) is 0.215. The van der Waals surface area contributed by atoms with Crippen LogP contribution >= 0.6 is 11.8 Å². The Labute approximate surface area is 252 Å². The average molecular weight is 609 g/mol. The molecule has 5 N–H and O–H groups in total. The van der Waals surface area contributed by atoms with Crippen molar-refractivity contribution in [3.8, 4) is 0 Å². The minimum absolute atomic E-state index is 0.0688. The summed E-state index contributed by atoms with van der Waals surface area (Å²) in [5.41, 5.74) is 5.39. The van der Waals surface area contributed by atoms with E-state index in [1.807, 2.05) is 20.1 Å². The summed E-state index contributed by atoms with van der Waals surface area (Å²) in [5, 5.41) is 17.6. The Morgan fingerprint density at radius 1 is 1.14 bits per heavy atom. The number of primary amides is 1. The van der Waals surface area contributed by atoms with Crippen LogP contribution in [-0.2, 0) is 20.8 Å². The van der Waals surface area contributed by atoms with Gasteiger partial charge >= 0.3 is 0 Å². The van der Waals surface area contributed by atoms with Crippen LogP contribution < -0.4 is 16.4 Å². The largest absolute Gasteiger partial charge is 0.391 e. The summed E-state index contributed by atoms with van der Waals surface area (Å²) in [6.07, 6.45) is 5.81. The number of aliphatic hydroxyl groups excluding tert-OH is 1. The molecular formula is C31H46F2N4O4S. The molecule has 0 heterocycles. The van der Waals surface area contributed by atoms with Gasteiger partial charge in [-0.05, 0) is 68.7 Å². The van der Waals surface area contributed by atoms with Gasteiger partial charge in [0.15, 0.2) is 0 Å². The number of amides is 3. The lowest BCUT2D eigenvalue weighted by Crippen LogP contribution is -2.55. The Bertz CT molecular complexity index is 1140. The van der Waals surface area contributed by atoms with Crippen molar-refractivity contribution < 1.29 is 28.3 Å². The number of likely N-dealkylation sites (N-methyl/N-ethyl adjacent to an activating group) is 1. The number of thioether (sulfide) groups is 1. The van der Waals surface area contributed by atoms with Gasteiger partial charge in [-0.15, -0.1) is 0 Å². The molecule has 0 radical (unpaired) electrons. The van der Waals surface area contributed by atoms with Crippen molar-refractivity contribution in [2.24, 2.45) is 17.1 Å². The lowest BCUT2D eigenvalue weighted by atomic mass is 9.63. The summed E-state index contributed by atoms with van der Waals surface area (Å²) < 4.78 is 28.6. The molecule has 1 unspecified atom stereocenters. The van der Waals surface area contributed by atoms with Crippen molar-refractivity contribution in [1.29, 1.82) is 0 Å². The number of hydrogen-bond donors (Lipinski definition) is 4. The van der Waals surface area contributed by atoms with E-state index in [0.29, 0.717) is 43.7 Å². The van der Waals surface area contributed by atoms with E-state index in [0.717, 1.165) is 6.07 Å². The Hall–Kier alpha value is -2.76. The highest BCUT2D eigenvalue weighted by Crippen LogP contribution is 2.45. The monoisotopic (exact) mass is 608 g/mol. The summed E-state index contributed by atoms with van der Waals surface area (Å²) in [5.74, 6) is -3.00. The second-order valence-corrected chi connectivity index (χ2v) is 11.9. The minimum Gasteiger partial charge on any atom is -0.391 e. The van der Waals surface area contributed by atoms with Gasteiger partial charge < -0.3 is 26.4 Å². The van der Waals surface area contributed by atoms with E-state index in [-0.39, 0.29) is 42.3 Å². The molecule has 1 aromatic rings. The van der Waals surface area contributed by atoms with Gasteiger partial charge in [0.2, 0.25) is 17.7 Å². The number of halogens is 2. The highest BCUT2D eigenvalue weighted by Gasteiger charge is 2.50. The molecule has 234 valence electrons. The fraction of sp³-hybridized carbons (Fsp3) is 0.581. The number of hydrogen-bond acceptors (Lipinski definition) is 6. The molecule has 11 heteroatoms. The summed E-state index contributed by atoms with van der Waals surface area (Å²) in [7, 11) is 1.53. The van der Waals surface area contributed by atoms with Crippen LogP contribution in [0.15, 0.2) is 41.5 Å². The molecule has 1 aromatic carbocycles. The van der Waals surface area contributed by atoms with E-state index >= 15 is 0 Å². The molecule has 1 aliphatic rings. The number of nitrogens with two attached hydrogens (primary N) is 1. The van der Waals surface area contributed by atoms with Gasteiger partial charge in [-0.3, -0.25) is 14.4 Å². The van der Waals surface area contributed by atoms with E-state index in [2.05, 4.69) is 10.6 Å². The smallest absolute Gasteiger partial charge is 0.244 e. The third kappa shape index (κ3) is 9.37. The van der Waals surface area contributed by atoms with Crippen molar-refractivity contribution in [3.63, 3.8) is 0 Å². The molecule has 0 spiro atoms. The molecule has 0 saturated carbocycles. The van der Waals surface area contributed by atoms with Gasteiger partial charge in [0.05, 0.1) is 17.6 Å². The first kappa shape index (κ1) is 35.4. The van der Waals surface area contributed by atoms with Crippen molar-refractivity contribution in [3.05, 3.63) is 58.7 Å². The summed E-state index contributed by atoms with van der Waals surface area (Å²) in [6.45, 7) is 6.51. The van der Waals surface area contributed by atoms with Crippen molar-refractivity contribution in [1.82, 2.24) is 15.5 Å². The Morgan fingerprint density at radius 3 is 2.29 bits per heavy atom. The highest BCUT2D eigenvalue weighted by molar-refractivity contribution is 7.98. The van der Waals surface area contributed by atoms with E-state index in [9.17, 15) is 28.3 Å². The molecule has 0 aromatic heterocycles. The summed E-state index contributed by atoms with van der Waals surface area (Å²) in [6, 6.07) is 2.53. The molecular weight excluding hydrogens is 562 g/mol. The van der Waals surface area contributed by atoms with Crippen molar-refractivity contribution in [2.45, 2.75) is 65.0 Å². The van der Waals surface area contributed by atoms with Crippen LogP contribution in [-0.4, -0.2) is 78.6 Å². The Kier molecular flexibility index (Phi) is 14.1. The number of benzene rings is 1. The van der Waals surface area contributed by atoms with Gasteiger partial charge in [0.1, 0.15) is 11.6 Å². The first-order valence-electron chi connectivity index (χ1n) is 14.5. The second-order valence-electron chi connectivity index (χ2n) is 10.9. The van der Waals surface area contributed by atoms with Crippen molar-refractivity contribution >= 4 is 29.5 Å². The van der Waals surface area contributed by atoms with Crippen molar-refractivity contribution in [2.75, 3.05) is 38.7 Å². The molecule has 4 atom stereocenters. The van der Waals surface area contributed by atoms with E-state index in [4.69, 9.17) is 5.73 Å². The molecule has 0 bridgehead atoms. The second kappa shape index (κ2) is 16.8. The summed E-state index contributed by atoms with van der Waals surface area (Å²) in [4.78, 5) is 41.3. The first-order chi connectivity index (χ1) is 19.9. The minimum atomic E-state index is -1.45. The van der Waals surface area contributed by atoms with Crippen LogP contribution in [0.3, 0.4) is 0 Å². The van der Waals surface area contributed by atoms with E-state index < -0.39 is 41.0 Å². The van der Waals surface area contributed by atoms with Crippen LogP contribution in [0.25, 0.3) is 0 Å². The van der Waals surface area contributed by atoms with Crippen LogP contribution in [0.1, 0.15) is 52.0 Å². The Balaban J connectivity index is 2.69. The maximum absolute atomic E-state index is 14.6. The van der Waals surface area contributed by atoms with Gasteiger partial charge in [-0.2, -0.15) is 11.8 Å². The number of carbonyl (C=O) groups is 3. The molecule has 0 saturated heterocycles. The number of allylic oxidation sites excluding steroid dienone is 2. The highest BCUT2D eigenvalue weighted by atomic mass is 32.2. The van der Waals surface area contributed by atoms with Crippen LogP contribution in [0.5, 0.6) is 0 Å². The first-order valence-corrected chi connectivity index (χ1v) is 15.9. The topological polar surface area (TPSA) is 125 Å². The van der Waals surface area contributed by atoms with Crippen LogP contribution in [0, 0.1) is 23.0 Å². The predicted octanol–water partition coefficient (Wildman–Crippen LogP) is 3.34. The molecule has 0 aliphatic heterocycles. The van der Waals surface area contributed by atoms with Crippen LogP contribution in [0.4, 0.5) is 8.78 Å². The van der Waals surface area contributed by atoms with E-state index in [1.54, 1.807) is 35.7 Å². The molecule has 2 rings (SSSR count). The lowest BCUT2D eigenvalue weighted by Gasteiger charge is -2.45. The van der Waals surface area contributed by atoms with Gasteiger partial charge in [-0.25, -0.2) is 8.78 Å². The molecule has 0 fully saturated rings. The molecule has 42 heavy (non-hydrogen) atoms. The van der Waals surface area contributed by atoms with E-state index in [1.165, 1.54) is 19.2 Å². The third-order valence-electron chi connectivity index (χ3n) is 7.61. The van der Waals surface area contributed by atoms with Gasteiger partial charge in [0.25, 0.3) is 0 Å². The number of nitrogens with one attached hydrogen (secondary N) is 2. The number of aliphatic hydroxyl groups is 1. The maximum atomic E-state index is 14.6. The normalized spacial score (nSPS) is 18.9. The zero-order valence-electron chi connectivity index (χ0n) is 25.3. The molecule has 3 amide bonds. The molecule has 8 nitrogen and oxygen atoms in total. The molecule has 1 aliphatic carbocycles. The summed E-state index contributed by atoms with van der Waals surface area (Å²) >= 11 is 1.58. The number of rotatable bonds is 17. The lowest BCUT2D eigenvalue weighted by molar-refractivity contribution is -0.145. The maximum Gasteiger partial charge on any atom is 0.244 e. The average Bonchev–Trinajstić information content (AvgIpc) is 2.94. The zero-order valence-corrected chi connectivity index (χ0v) is 26.2. The SMILES string of the molecule is CCCN(CCC)C(=O)C1([C@H](Cc2cc(F)cc(F)c2)[C@@H](O)CN[C@@H](CCSC)C(=O)NC)C=C(C)C=C(C(N)=O)C1. The predicted molar refractivity (Wildman–Crippen MR) is 164 cm³/mol. The number of carbonyl (C=O) groups excluding carboxylic acids is 3. The third-order valence-corrected chi connectivity index (χ3v) is 8.25. The van der Waals surface area contributed by atoms with Gasteiger partial charge in [0, 0.05) is 44.2 Å².